The topological polar surface area (TPSA) is 90.6 Å². The van der Waals surface area contributed by atoms with E-state index < -0.39 is 9.84 Å². The van der Waals surface area contributed by atoms with Gasteiger partial charge in [0.05, 0.1) is 35.5 Å². The Kier molecular flexibility index (Phi) is 6.85. The molecule has 0 aromatic heterocycles. The zero-order valence-electron chi connectivity index (χ0n) is 18.4. The maximum Gasteiger partial charge on any atom is 0.180 e. The van der Waals surface area contributed by atoms with Crippen LogP contribution in [0.3, 0.4) is 0 Å². The van der Waals surface area contributed by atoms with Crippen molar-refractivity contribution in [3.8, 4) is 11.8 Å². The van der Waals surface area contributed by atoms with Gasteiger partial charge in [-0.2, -0.15) is 5.26 Å². The highest BCUT2D eigenvalue weighted by Gasteiger charge is 2.35. The molecule has 0 amide bonds. The molecule has 7 heteroatoms. The summed E-state index contributed by atoms with van der Waals surface area (Å²) in [6, 6.07) is 15.8. The van der Waals surface area contributed by atoms with E-state index in [2.05, 4.69) is 24.0 Å². The molecular formula is C25H30N2O4S. The van der Waals surface area contributed by atoms with Crippen molar-refractivity contribution < 1.29 is 18.3 Å². The first-order valence-corrected chi connectivity index (χ1v) is 12.9. The number of nitrogens with zero attached hydrogens (tertiary/aromatic N) is 2. The molecule has 1 saturated heterocycles. The number of likely N-dealkylation sites (tertiary alicyclic amines) is 1. The molecule has 1 aliphatic heterocycles. The SMILES string of the molecule is C[C@@H]1C[C@H](COc2ccc(S(=O)(=O)CCO)cc2)CN1[C@@H]1CCc2ccc(C#N)cc2C1. The zero-order valence-corrected chi connectivity index (χ0v) is 19.2. The van der Waals surface area contributed by atoms with E-state index >= 15 is 0 Å². The fourth-order valence-corrected chi connectivity index (χ4v) is 6.11. The molecule has 2 aromatic carbocycles. The Morgan fingerprint density at radius 3 is 2.69 bits per heavy atom. The summed E-state index contributed by atoms with van der Waals surface area (Å²) < 4.78 is 30.0. The van der Waals surface area contributed by atoms with E-state index in [1.54, 1.807) is 24.3 Å². The molecule has 1 heterocycles. The Hall–Kier alpha value is -2.40. The van der Waals surface area contributed by atoms with Gasteiger partial charge in [0.1, 0.15) is 5.75 Å². The van der Waals surface area contributed by atoms with Gasteiger partial charge in [0, 0.05) is 24.5 Å². The van der Waals surface area contributed by atoms with Gasteiger partial charge in [-0.3, -0.25) is 4.90 Å². The number of aryl methyl sites for hydroxylation is 1. The lowest BCUT2D eigenvalue weighted by Gasteiger charge is -2.35. The van der Waals surface area contributed by atoms with Gasteiger partial charge < -0.3 is 9.84 Å². The van der Waals surface area contributed by atoms with E-state index in [1.807, 2.05) is 12.1 Å². The Morgan fingerprint density at radius 1 is 1.19 bits per heavy atom. The highest BCUT2D eigenvalue weighted by molar-refractivity contribution is 7.91. The molecular weight excluding hydrogens is 424 g/mol. The fraction of sp³-hybridized carbons (Fsp3) is 0.480. The van der Waals surface area contributed by atoms with Crippen LogP contribution in [-0.2, 0) is 22.7 Å². The highest BCUT2D eigenvalue weighted by Crippen LogP contribution is 2.32. The number of benzene rings is 2. The molecule has 4 rings (SSSR count). The van der Waals surface area contributed by atoms with Gasteiger partial charge in [-0.25, -0.2) is 8.42 Å². The third kappa shape index (κ3) is 4.98. The summed E-state index contributed by atoms with van der Waals surface area (Å²) in [4.78, 5) is 2.80. The lowest BCUT2D eigenvalue weighted by Crippen LogP contribution is -2.41. The third-order valence-corrected chi connectivity index (χ3v) is 8.46. The van der Waals surface area contributed by atoms with E-state index in [9.17, 15) is 13.7 Å². The molecule has 170 valence electrons. The molecule has 0 unspecified atom stereocenters. The summed E-state index contributed by atoms with van der Waals surface area (Å²) in [5.41, 5.74) is 3.42. The van der Waals surface area contributed by atoms with Gasteiger partial charge in [0.15, 0.2) is 9.84 Å². The van der Waals surface area contributed by atoms with Gasteiger partial charge in [0.2, 0.25) is 0 Å². The minimum absolute atomic E-state index is 0.205. The number of rotatable bonds is 7. The van der Waals surface area contributed by atoms with Crippen LogP contribution in [0.25, 0.3) is 0 Å². The van der Waals surface area contributed by atoms with Crippen molar-refractivity contribution in [1.29, 1.82) is 5.26 Å². The van der Waals surface area contributed by atoms with Gasteiger partial charge in [-0.1, -0.05) is 6.07 Å². The van der Waals surface area contributed by atoms with Gasteiger partial charge >= 0.3 is 0 Å². The first-order valence-electron chi connectivity index (χ1n) is 11.2. The maximum absolute atomic E-state index is 12.0. The Morgan fingerprint density at radius 2 is 1.97 bits per heavy atom. The first kappa shape index (κ1) is 22.8. The number of hydrogen-bond acceptors (Lipinski definition) is 6. The number of fused-ring (bicyclic) bond motifs is 1. The minimum Gasteiger partial charge on any atom is -0.493 e. The monoisotopic (exact) mass is 454 g/mol. The van der Waals surface area contributed by atoms with Crippen LogP contribution in [0.4, 0.5) is 0 Å². The predicted octanol–water partition coefficient (Wildman–Crippen LogP) is 2.97. The quantitative estimate of drug-likeness (QED) is 0.692. The molecule has 2 aliphatic rings. The van der Waals surface area contributed by atoms with E-state index in [0.717, 1.165) is 37.8 Å². The summed E-state index contributed by atoms with van der Waals surface area (Å²) >= 11 is 0. The maximum atomic E-state index is 12.0. The van der Waals surface area contributed by atoms with Crippen LogP contribution >= 0.6 is 0 Å². The van der Waals surface area contributed by atoms with Gasteiger partial charge in [-0.15, -0.1) is 0 Å². The predicted molar refractivity (Wildman–Crippen MR) is 122 cm³/mol. The van der Waals surface area contributed by atoms with Crippen LogP contribution in [0.5, 0.6) is 5.75 Å². The van der Waals surface area contributed by atoms with Gasteiger partial charge in [-0.05, 0) is 80.1 Å². The van der Waals surface area contributed by atoms with Crippen molar-refractivity contribution in [3.05, 3.63) is 59.2 Å². The van der Waals surface area contributed by atoms with Crippen LogP contribution in [0.2, 0.25) is 0 Å². The average molecular weight is 455 g/mol. The number of hydrogen-bond donors (Lipinski definition) is 1. The van der Waals surface area contributed by atoms with E-state index in [0.29, 0.717) is 30.4 Å². The fourth-order valence-electron chi connectivity index (χ4n) is 5.09. The van der Waals surface area contributed by atoms with Crippen LogP contribution < -0.4 is 4.74 Å². The second kappa shape index (κ2) is 9.62. The van der Waals surface area contributed by atoms with Crippen molar-refractivity contribution in [2.45, 2.75) is 49.6 Å². The molecule has 0 bridgehead atoms. The smallest absolute Gasteiger partial charge is 0.180 e. The summed E-state index contributed by atoms with van der Waals surface area (Å²) in [5.74, 6) is 0.816. The molecule has 0 radical (unpaired) electrons. The summed E-state index contributed by atoms with van der Waals surface area (Å²) in [6.07, 6.45) is 4.26. The van der Waals surface area contributed by atoms with Crippen LogP contribution in [0, 0.1) is 17.2 Å². The number of aliphatic hydroxyl groups is 1. The van der Waals surface area contributed by atoms with Crippen molar-refractivity contribution in [2.75, 3.05) is 25.5 Å². The van der Waals surface area contributed by atoms with Crippen molar-refractivity contribution >= 4 is 9.84 Å². The minimum atomic E-state index is -3.44. The molecule has 1 N–H and O–H groups in total. The molecule has 3 atom stereocenters. The third-order valence-electron chi connectivity index (χ3n) is 6.75. The van der Waals surface area contributed by atoms with Crippen LogP contribution in [0.1, 0.15) is 36.5 Å². The van der Waals surface area contributed by atoms with E-state index in [-0.39, 0.29) is 17.3 Å². The standard InChI is InChI=1S/C25H30N2O4S/c1-18-12-20(17-31-24-6-8-25(9-7-24)32(29,30)11-10-28)16-27(18)23-5-4-21-3-2-19(15-26)13-22(21)14-23/h2-3,6-9,13,18,20,23,28H,4-5,10-12,14,16-17H2,1H3/t18-,20+,23-/m1/s1. The number of sulfone groups is 1. The number of nitriles is 1. The first-order chi connectivity index (χ1) is 15.4. The number of aliphatic hydroxyl groups excluding tert-OH is 1. The molecule has 0 spiro atoms. The normalized spacial score (nSPS) is 23.5. The van der Waals surface area contributed by atoms with Crippen molar-refractivity contribution in [3.63, 3.8) is 0 Å². The second-order valence-corrected chi connectivity index (χ2v) is 11.1. The summed E-state index contributed by atoms with van der Waals surface area (Å²) in [5, 5.41) is 18.1. The molecule has 2 aromatic rings. The average Bonchev–Trinajstić information content (AvgIpc) is 3.17. The molecule has 1 fully saturated rings. The second-order valence-electron chi connectivity index (χ2n) is 8.96. The van der Waals surface area contributed by atoms with E-state index in [1.165, 1.54) is 11.1 Å². The van der Waals surface area contributed by atoms with Crippen molar-refractivity contribution in [1.82, 2.24) is 4.90 Å². The lowest BCUT2D eigenvalue weighted by atomic mass is 9.86. The highest BCUT2D eigenvalue weighted by atomic mass is 32.2. The Bertz CT molecular complexity index is 1090. The molecule has 0 saturated carbocycles. The molecule has 6 nitrogen and oxygen atoms in total. The molecule has 32 heavy (non-hydrogen) atoms. The lowest BCUT2D eigenvalue weighted by molar-refractivity contribution is 0.164. The van der Waals surface area contributed by atoms with Crippen LogP contribution in [0.15, 0.2) is 47.4 Å². The molecule has 1 aliphatic carbocycles. The van der Waals surface area contributed by atoms with Gasteiger partial charge in [0.25, 0.3) is 0 Å². The largest absolute Gasteiger partial charge is 0.493 e. The van der Waals surface area contributed by atoms with Crippen molar-refractivity contribution in [2.24, 2.45) is 5.92 Å². The van der Waals surface area contributed by atoms with Crippen LogP contribution in [-0.4, -0.2) is 56.0 Å². The Balaban J connectivity index is 1.33. The number of ether oxygens (including phenoxy) is 1. The zero-order chi connectivity index (χ0) is 22.7. The Labute approximate surface area is 190 Å². The van der Waals surface area contributed by atoms with E-state index in [4.69, 9.17) is 9.84 Å². The summed E-state index contributed by atoms with van der Waals surface area (Å²) in [7, 11) is -3.44. The summed E-state index contributed by atoms with van der Waals surface area (Å²) in [6.45, 7) is 3.48.